The first-order chi connectivity index (χ1) is 8.09. The molecule has 1 aromatic rings. The van der Waals surface area contributed by atoms with Crippen molar-refractivity contribution in [3.8, 4) is 0 Å². The fraction of sp³-hybridized carbons (Fsp3) is 0.571. The standard InChI is InChI=1S/C14H15F3/c15-12-10-6-2-3-7-11(10)13(14(12,16)17)8-4-1-5-9-13/h2-3,6-7,12H,1,4-5,8-9H2. The molecule has 1 aromatic carbocycles. The van der Waals surface area contributed by atoms with Gasteiger partial charge in [-0.1, -0.05) is 43.5 Å². The lowest BCUT2D eigenvalue weighted by atomic mass is 9.68. The average molecular weight is 240 g/mol. The number of benzene rings is 1. The van der Waals surface area contributed by atoms with Crippen LogP contribution in [0.3, 0.4) is 0 Å². The minimum Gasteiger partial charge on any atom is -0.236 e. The third-order valence-corrected chi connectivity index (χ3v) is 4.41. The molecular formula is C14H15F3. The van der Waals surface area contributed by atoms with Gasteiger partial charge in [-0.2, -0.15) is 0 Å². The fourth-order valence-corrected chi connectivity index (χ4v) is 3.53. The minimum absolute atomic E-state index is 0.208. The molecule has 2 aliphatic rings. The number of hydrogen-bond acceptors (Lipinski definition) is 0. The highest BCUT2D eigenvalue weighted by molar-refractivity contribution is 5.46. The van der Waals surface area contributed by atoms with E-state index in [-0.39, 0.29) is 5.56 Å². The quantitative estimate of drug-likeness (QED) is 0.624. The first-order valence-corrected chi connectivity index (χ1v) is 6.21. The lowest BCUT2D eigenvalue weighted by Gasteiger charge is -2.39. The van der Waals surface area contributed by atoms with Crippen molar-refractivity contribution < 1.29 is 13.2 Å². The summed E-state index contributed by atoms with van der Waals surface area (Å²) >= 11 is 0. The van der Waals surface area contributed by atoms with Crippen molar-refractivity contribution in [1.82, 2.24) is 0 Å². The molecule has 17 heavy (non-hydrogen) atoms. The van der Waals surface area contributed by atoms with Gasteiger partial charge in [0.1, 0.15) is 0 Å². The molecule has 0 heterocycles. The molecule has 0 amide bonds. The zero-order valence-corrected chi connectivity index (χ0v) is 9.56. The molecular weight excluding hydrogens is 225 g/mol. The molecule has 1 spiro atoms. The van der Waals surface area contributed by atoms with Gasteiger partial charge in [0, 0.05) is 0 Å². The maximum absolute atomic E-state index is 14.3. The molecule has 0 nitrogen and oxygen atoms in total. The van der Waals surface area contributed by atoms with E-state index in [0.29, 0.717) is 18.4 Å². The Labute approximate surface area is 98.8 Å². The van der Waals surface area contributed by atoms with Crippen LogP contribution in [0, 0.1) is 0 Å². The molecule has 1 atom stereocenters. The van der Waals surface area contributed by atoms with Gasteiger partial charge in [-0.15, -0.1) is 0 Å². The van der Waals surface area contributed by atoms with Crippen LogP contribution in [0.5, 0.6) is 0 Å². The number of fused-ring (bicyclic) bond motifs is 2. The van der Waals surface area contributed by atoms with Gasteiger partial charge in [0.2, 0.25) is 0 Å². The minimum atomic E-state index is -3.24. The molecule has 0 radical (unpaired) electrons. The van der Waals surface area contributed by atoms with Crippen LogP contribution in [0.15, 0.2) is 24.3 Å². The van der Waals surface area contributed by atoms with Gasteiger partial charge in [0.25, 0.3) is 5.92 Å². The van der Waals surface area contributed by atoms with Crippen LogP contribution in [-0.2, 0) is 5.41 Å². The molecule has 0 aliphatic heterocycles. The summed E-state index contributed by atoms with van der Waals surface area (Å²) in [4.78, 5) is 0. The lowest BCUT2D eigenvalue weighted by Crippen LogP contribution is -2.44. The molecule has 92 valence electrons. The molecule has 2 aliphatic carbocycles. The van der Waals surface area contributed by atoms with E-state index in [2.05, 4.69) is 0 Å². The Hall–Kier alpha value is -0.990. The molecule has 0 aromatic heterocycles. The summed E-state index contributed by atoms with van der Waals surface area (Å²) in [6, 6.07) is 6.58. The third-order valence-electron chi connectivity index (χ3n) is 4.41. The van der Waals surface area contributed by atoms with E-state index in [1.165, 1.54) is 6.07 Å². The van der Waals surface area contributed by atoms with Crippen molar-refractivity contribution in [2.75, 3.05) is 0 Å². The van der Waals surface area contributed by atoms with E-state index in [9.17, 15) is 13.2 Å². The summed E-state index contributed by atoms with van der Waals surface area (Å²) < 4.78 is 42.6. The van der Waals surface area contributed by atoms with Gasteiger partial charge in [-0.05, 0) is 24.0 Å². The highest BCUT2D eigenvalue weighted by Crippen LogP contribution is 2.62. The normalized spacial score (nSPS) is 29.2. The topological polar surface area (TPSA) is 0 Å². The second-order valence-corrected chi connectivity index (χ2v) is 5.22. The molecule has 1 unspecified atom stereocenters. The predicted octanol–water partition coefficient (Wildman–Crippen LogP) is 4.55. The van der Waals surface area contributed by atoms with Crippen molar-refractivity contribution in [2.45, 2.75) is 49.6 Å². The van der Waals surface area contributed by atoms with Crippen LogP contribution in [0.25, 0.3) is 0 Å². The molecule has 3 heteroatoms. The molecule has 0 saturated heterocycles. The Kier molecular flexibility index (Phi) is 2.29. The van der Waals surface area contributed by atoms with Gasteiger partial charge < -0.3 is 0 Å². The van der Waals surface area contributed by atoms with E-state index in [1.54, 1.807) is 18.2 Å². The number of halogens is 3. The Balaban J connectivity index is 2.19. The maximum Gasteiger partial charge on any atom is 0.292 e. The number of alkyl halides is 3. The first kappa shape index (κ1) is 11.1. The second-order valence-electron chi connectivity index (χ2n) is 5.22. The lowest BCUT2D eigenvalue weighted by molar-refractivity contribution is -0.132. The van der Waals surface area contributed by atoms with Gasteiger partial charge in [-0.3, -0.25) is 0 Å². The first-order valence-electron chi connectivity index (χ1n) is 6.21. The zero-order chi connectivity index (χ0) is 12.1. The second kappa shape index (κ2) is 3.50. The summed E-state index contributed by atoms with van der Waals surface area (Å²) in [7, 11) is 0. The van der Waals surface area contributed by atoms with E-state index in [4.69, 9.17) is 0 Å². The summed E-state index contributed by atoms with van der Waals surface area (Å²) in [6.07, 6.45) is 1.23. The fourth-order valence-electron chi connectivity index (χ4n) is 3.53. The molecule has 1 saturated carbocycles. The SMILES string of the molecule is FC1c2ccccc2C2(CCCCC2)C1(F)F. The summed E-state index contributed by atoms with van der Waals surface area (Å²) in [5.74, 6) is -3.24. The van der Waals surface area contributed by atoms with Crippen LogP contribution < -0.4 is 0 Å². The van der Waals surface area contributed by atoms with Crippen molar-refractivity contribution in [1.29, 1.82) is 0 Å². The Bertz CT molecular complexity index is 433. The average Bonchev–Trinajstić information content (AvgIpc) is 2.52. The van der Waals surface area contributed by atoms with E-state index < -0.39 is 17.5 Å². The predicted molar refractivity (Wildman–Crippen MR) is 60.0 cm³/mol. The van der Waals surface area contributed by atoms with Crippen molar-refractivity contribution in [3.63, 3.8) is 0 Å². The van der Waals surface area contributed by atoms with Gasteiger partial charge in [0.15, 0.2) is 6.17 Å². The highest BCUT2D eigenvalue weighted by Gasteiger charge is 2.65. The van der Waals surface area contributed by atoms with Gasteiger partial charge in [-0.25, -0.2) is 13.2 Å². The number of rotatable bonds is 0. The Morgan fingerprint density at radius 3 is 2.35 bits per heavy atom. The molecule has 3 rings (SSSR count). The molecule has 0 bridgehead atoms. The maximum atomic E-state index is 14.3. The van der Waals surface area contributed by atoms with E-state index in [0.717, 1.165) is 19.3 Å². The summed E-state index contributed by atoms with van der Waals surface area (Å²) in [6.45, 7) is 0. The highest BCUT2D eigenvalue weighted by atomic mass is 19.3. The van der Waals surface area contributed by atoms with Crippen molar-refractivity contribution in [3.05, 3.63) is 35.4 Å². The summed E-state index contributed by atoms with van der Waals surface area (Å²) in [5.41, 5.74) is -0.474. The smallest absolute Gasteiger partial charge is 0.236 e. The van der Waals surface area contributed by atoms with Gasteiger partial charge in [0.05, 0.1) is 5.41 Å². The van der Waals surface area contributed by atoms with Crippen LogP contribution >= 0.6 is 0 Å². The zero-order valence-electron chi connectivity index (χ0n) is 9.56. The Morgan fingerprint density at radius 1 is 1.00 bits per heavy atom. The summed E-state index contributed by atoms with van der Waals surface area (Å²) in [5, 5.41) is 0. The van der Waals surface area contributed by atoms with Crippen LogP contribution in [0.4, 0.5) is 13.2 Å². The number of hydrogen-bond donors (Lipinski definition) is 0. The monoisotopic (exact) mass is 240 g/mol. The molecule has 0 N–H and O–H groups in total. The van der Waals surface area contributed by atoms with Crippen LogP contribution in [-0.4, -0.2) is 5.92 Å². The van der Waals surface area contributed by atoms with Crippen molar-refractivity contribution >= 4 is 0 Å². The molecule has 1 fully saturated rings. The van der Waals surface area contributed by atoms with Crippen LogP contribution in [0.1, 0.15) is 49.4 Å². The third kappa shape index (κ3) is 1.25. The Morgan fingerprint density at radius 2 is 1.65 bits per heavy atom. The largest absolute Gasteiger partial charge is 0.292 e. The van der Waals surface area contributed by atoms with Crippen LogP contribution in [0.2, 0.25) is 0 Å². The van der Waals surface area contributed by atoms with E-state index in [1.807, 2.05) is 0 Å². The van der Waals surface area contributed by atoms with E-state index >= 15 is 0 Å². The van der Waals surface area contributed by atoms with Crippen molar-refractivity contribution in [2.24, 2.45) is 0 Å². The van der Waals surface area contributed by atoms with Gasteiger partial charge >= 0.3 is 0 Å².